The van der Waals surface area contributed by atoms with E-state index >= 15 is 0 Å². The molecule has 4 aromatic rings. The molecule has 0 saturated heterocycles. The van der Waals surface area contributed by atoms with E-state index in [1.807, 2.05) is 47.0 Å². The Bertz CT molecular complexity index is 1710. The van der Waals surface area contributed by atoms with Crippen LogP contribution in [0.2, 0.25) is 0 Å². The number of fused-ring (bicyclic) bond motifs is 3. The summed E-state index contributed by atoms with van der Waals surface area (Å²) in [6.07, 6.45) is 3.67. The van der Waals surface area contributed by atoms with Gasteiger partial charge in [-0.05, 0) is 111 Å². The zero-order chi connectivity index (χ0) is 25.0. The maximum absolute atomic E-state index is 13.9. The fourth-order valence-corrected chi connectivity index (χ4v) is 7.75. The molecular formula is C28H20I2N2O3S. The number of rotatable bonds is 3. The molecule has 0 radical (unpaired) electrons. The van der Waals surface area contributed by atoms with Crippen molar-refractivity contribution in [2.45, 2.75) is 18.9 Å². The van der Waals surface area contributed by atoms with Gasteiger partial charge in [-0.3, -0.25) is 9.36 Å². The number of hydrogen-bond acceptors (Lipinski definition) is 5. The van der Waals surface area contributed by atoms with Gasteiger partial charge < -0.3 is 9.84 Å². The molecule has 1 atom stereocenters. The van der Waals surface area contributed by atoms with Gasteiger partial charge in [-0.2, -0.15) is 0 Å². The van der Waals surface area contributed by atoms with E-state index in [9.17, 15) is 9.90 Å². The Morgan fingerprint density at radius 2 is 1.81 bits per heavy atom. The highest BCUT2D eigenvalue weighted by atomic mass is 127. The minimum atomic E-state index is -0.224. The fraction of sp³-hybridized carbons (Fsp3) is 0.143. The lowest BCUT2D eigenvalue weighted by Crippen LogP contribution is -2.38. The Hall–Kier alpha value is -2.44. The summed E-state index contributed by atoms with van der Waals surface area (Å²) in [5, 5.41) is 10.2. The summed E-state index contributed by atoms with van der Waals surface area (Å²) in [7, 11) is 1.66. The smallest absolute Gasteiger partial charge is 0.271 e. The molecule has 180 valence electrons. The van der Waals surface area contributed by atoms with Crippen molar-refractivity contribution in [1.82, 2.24) is 4.57 Å². The van der Waals surface area contributed by atoms with E-state index in [0.717, 1.165) is 48.1 Å². The van der Waals surface area contributed by atoms with Crippen LogP contribution >= 0.6 is 56.5 Å². The Kier molecular flexibility index (Phi) is 6.29. The molecule has 1 aromatic heterocycles. The van der Waals surface area contributed by atoms with E-state index < -0.39 is 0 Å². The number of aromatic hydroxyl groups is 1. The number of aromatic nitrogens is 1. The first-order valence-corrected chi connectivity index (χ1v) is 14.4. The molecule has 1 aliphatic carbocycles. The largest absolute Gasteiger partial charge is 0.506 e. The second-order valence-corrected chi connectivity index (χ2v) is 12.1. The van der Waals surface area contributed by atoms with Crippen molar-refractivity contribution in [2.75, 3.05) is 7.11 Å². The molecule has 8 heteroatoms. The van der Waals surface area contributed by atoms with Gasteiger partial charge in [0.2, 0.25) is 0 Å². The van der Waals surface area contributed by atoms with E-state index in [4.69, 9.17) is 9.73 Å². The van der Waals surface area contributed by atoms with Crippen molar-refractivity contribution in [3.63, 3.8) is 0 Å². The second kappa shape index (κ2) is 9.46. The number of hydrogen-bond donors (Lipinski definition) is 1. The van der Waals surface area contributed by atoms with E-state index in [-0.39, 0.29) is 17.4 Å². The predicted molar refractivity (Wildman–Crippen MR) is 159 cm³/mol. The summed E-state index contributed by atoms with van der Waals surface area (Å²) < 4.78 is 9.35. The van der Waals surface area contributed by atoms with Crippen molar-refractivity contribution in [2.24, 2.45) is 4.99 Å². The van der Waals surface area contributed by atoms with Crippen molar-refractivity contribution in [3.05, 3.63) is 115 Å². The summed E-state index contributed by atoms with van der Waals surface area (Å²) in [4.78, 5) is 19.6. The van der Waals surface area contributed by atoms with Crippen LogP contribution in [0.15, 0.2) is 76.0 Å². The van der Waals surface area contributed by atoms with Gasteiger partial charge in [0.05, 0.1) is 30.5 Å². The number of aryl methyl sites for hydroxylation is 1. The molecule has 36 heavy (non-hydrogen) atoms. The van der Waals surface area contributed by atoms with E-state index in [1.165, 1.54) is 22.5 Å². The molecule has 1 N–H and O–H groups in total. The maximum Gasteiger partial charge on any atom is 0.271 e. The Morgan fingerprint density at radius 1 is 1.08 bits per heavy atom. The molecule has 3 aromatic carbocycles. The SMILES string of the molecule is COc1ccc([C@H]2C3=C(N=c4s/c(=C/c5cc(I)c(O)c(I)c5)c(=O)n42)c2ccccc2CC3)cc1. The highest BCUT2D eigenvalue weighted by Gasteiger charge is 2.32. The number of halogens is 2. The Labute approximate surface area is 238 Å². The minimum Gasteiger partial charge on any atom is -0.506 e. The average Bonchev–Trinajstić information content (AvgIpc) is 3.20. The molecule has 0 fully saturated rings. The lowest BCUT2D eigenvalue weighted by molar-refractivity contribution is 0.414. The summed E-state index contributed by atoms with van der Waals surface area (Å²) in [6.45, 7) is 0. The van der Waals surface area contributed by atoms with Gasteiger partial charge in [0, 0.05) is 5.56 Å². The highest BCUT2D eigenvalue weighted by Crippen LogP contribution is 2.41. The van der Waals surface area contributed by atoms with Gasteiger partial charge >= 0.3 is 0 Å². The van der Waals surface area contributed by atoms with Crippen LogP contribution in [0.1, 0.15) is 34.7 Å². The van der Waals surface area contributed by atoms with Crippen LogP contribution in [0.4, 0.5) is 0 Å². The van der Waals surface area contributed by atoms with Gasteiger partial charge in [-0.1, -0.05) is 47.7 Å². The first kappa shape index (κ1) is 23.9. The van der Waals surface area contributed by atoms with Crippen LogP contribution in [0.3, 0.4) is 0 Å². The molecule has 2 aliphatic rings. The first-order valence-electron chi connectivity index (χ1n) is 11.4. The summed E-state index contributed by atoms with van der Waals surface area (Å²) >= 11 is 5.64. The van der Waals surface area contributed by atoms with Crippen molar-refractivity contribution in [3.8, 4) is 11.5 Å². The number of allylic oxidation sites excluding steroid dienone is 1. The molecule has 0 unspecified atom stereocenters. The van der Waals surface area contributed by atoms with Gasteiger partial charge in [-0.25, -0.2) is 4.99 Å². The van der Waals surface area contributed by atoms with Gasteiger partial charge in [0.1, 0.15) is 11.5 Å². The third-order valence-corrected chi connectivity index (χ3v) is 9.27. The fourth-order valence-electron chi connectivity index (χ4n) is 4.93. The third-order valence-electron chi connectivity index (χ3n) is 6.64. The van der Waals surface area contributed by atoms with Gasteiger partial charge in [0.15, 0.2) is 4.80 Å². The molecule has 6 rings (SSSR count). The number of phenols is 1. The van der Waals surface area contributed by atoms with Gasteiger partial charge in [0.25, 0.3) is 5.56 Å². The monoisotopic (exact) mass is 718 g/mol. The molecule has 0 amide bonds. The molecular weight excluding hydrogens is 698 g/mol. The van der Waals surface area contributed by atoms with Crippen LogP contribution in [-0.2, 0) is 6.42 Å². The Balaban J connectivity index is 1.60. The predicted octanol–water partition coefficient (Wildman–Crippen LogP) is 5.24. The zero-order valence-electron chi connectivity index (χ0n) is 19.2. The lowest BCUT2D eigenvalue weighted by atomic mass is 9.83. The maximum atomic E-state index is 13.9. The normalized spacial score (nSPS) is 16.8. The van der Waals surface area contributed by atoms with Crippen LogP contribution < -0.4 is 19.6 Å². The number of ether oxygens (including phenoxy) is 1. The van der Waals surface area contributed by atoms with Crippen LogP contribution in [0, 0.1) is 7.14 Å². The number of methoxy groups -OCH3 is 1. The number of benzene rings is 3. The van der Waals surface area contributed by atoms with Crippen LogP contribution in [-0.4, -0.2) is 16.8 Å². The lowest BCUT2D eigenvalue weighted by Gasteiger charge is -2.30. The van der Waals surface area contributed by atoms with Crippen molar-refractivity contribution >= 4 is 68.3 Å². The number of nitrogens with zero attached hydrogens (tertiary/aromatic N) is 2. The Morgan fingerprint density at radius 3 is 2.53 bits per heavy atom. The van der Waals surface area contributed by atoms with E-state index in [1.54, 1.807) is 7.11 Å². The molecule has 2 heterocycles. The molecule has 0 spiro atoms. The molecule has 5 nitrogen and oxygen atoms in total. The standard InChI is InChI=1S/C28H20I2N2O3S/c1-35-18-9-6-17(7-10-18)25-20-11-8-16-4-2-3-5-19(16)24(20)31-28-32(25)27(34)23(36-28)14-15-12-21(29)26(33)22(30)13-15/h2-7,9-10,12-14,25,33H,8,11H2,1H3/b23-14+/t25-/m0/s1. The zero-order valence-corrected chi connectivity index (χ0v) is 24.3. The van der Waals surface area contributed by atoms with E-state index in [2.05, 4.69) is 69.4 Å². The first-order chi connectivity index (χ1) is 17.4. The second-order valence-electron chi connectivity index (χ2n) is 8.72. The molecule has 0 bridgehead atoms. The molecule has 1 aliphatic heterocycles. The van der Waals surface area contributed by atoms with Crippen LogP contribution in [0.25, 0.3) is 11.8 Å². The quantitative estimate of drug-likeness (QED) is 0.295. The third kappa shape index (κ3) is 4.03. The van der Waals surface area contributed by atoms with Crippen molar-refractivity contribution in [1.29, 1.82) is 0 Å². The van der Waals surface area contributed by atoms with E-state index in [0.29, 0.717) is 9.33 Å². The topological polar surface area (TPSA) is 63.8 Å². The highest BCUT2D eigenvalue weighted by molar-refractivity contribution is 14.1. The van der Waals surface area contributed by atoms with Crippen molar-refractivity contribution < 1.29 is 9.84 Å². The minimum absolute atomic E-state index is 0.0527. The summed E-state index contributed by atoms with van der Waals surface area (Å²) in [5.74, 6) is 1.05. The average molecular weight is 718 g/mol. The number of phenolic OH excluding ortho intramolecular Hbond substituents is 1. The van der Waals surface area contributed by atoms with Gasteiger partial charge in [-0.15, -0.1) is 0 Å². The molecule has 0 saturated carbocycles. The summed E-state index contributed by atoms with van der Waals surface area (Å²) in [5.41, 5.74) is 6.47. The number of thiazole rings is 1. The van der Waals surface area contributed by atoms with Crippen LogP contribution in [0.5, 0.6) is 11.5 Å². The summed E-state index contributed by atoms with van der Waals surface area (Å²) in [6, 6.07) is 20.0.